The van der Waals surface area contributed by atoms with Gasteiger partial charge in [0.05, 0.1) is 24.3 Å². The second kappa shape index (κ2) is 9.22. The van der Waals surface area contributed by atoms with Crippen LogP contribution < -0.4 is 0 Å². The lowest BCUT2D eigenvalue weighted by molar-refractivity contribution is -0.135. The average Bonchev–Trinajstić information content (AvgIpc) is 2.60. The summed E-state index contributed by atoms with van der Waals surface area (Å²) < 4.78 is 12.5. The van der Waals surface area contributed by atoms with Gasteiger partial charge in [-0.05, 0) is 80.1 Å². The summed E-state index contributed by atoms with van der Waals surface area (Å²) in [4.78, 5) is 4.89. The molecule has 0 aromatic rings. The smallest absolute Gasteiger partial charge is 0.126 e. The monoisotopic (exact) mass is 414 g/mol. The molecule has 3 aliphatic heterocycles. The van der Waals surface area contributed by atoms with E-state index in [0.29, 0.717) is 0 Å². The van der Waals surface area contributed by atoms with E-state index in [4.69, 9.17) is 9.47 Å². The van der Waals surface area contributed by atoms with E-state index < -0.39 is 0 Å². The number of rotatable bonds is 2. The number of ether oxygens (including phenoxy) is 2. The molecule has 30 heavy (non-hydrogen) atoms. The van der Waals surface area contributed by atoms with Crippen LogP contribution >= 0.6 is 0 Å². The van der Waals surface area contributed by atoms with E-state index in [1.54, 1.807) is 0 Å². The zero-order valence-electron chi connectivity index (χ0n) is 20.2. The normalized spacial score (nSPS) is 34.3. The van der Waals surface area contributed by atoms with Crippen molar-refractivity contribution < 1.29 is 9.47 Å². The molecular weight excluding hydrogens is 372 g/mol. The van der Waals surface area contributed by atoms with Crippen LogP contribution in [0.5, 0.6) is 0 Å². The summed E-state index contributed by atoms with van der Waals surface area (Å²) in [6, 6.07) is 0. The molecule has 0 aromatic carbocycles. The molecule has 4 nitrogen and oxygen atoms in total. The molecule has 0 amide bonds. The van der Waals surface area contributed by atoms with E-state index in [1.807, 2.05) is 0 Å². The van der Waals surface area contributed by atoms with Crippen molar-refractivity contribution in [3.63, 3.8) is 0 Å². The fourth-order valence-electron chi connectivity index (χ4n) is 5.08. The molecule has 3 fully saturated rings. The van der Waals surface area contributed by atoms with Gasteiger partial charge in [-0.3, -0.25) is 9.80 Å². The Bertz CT molecular complexity index is 653. The fourth-order valence-corrected chi connectivity index (χ4v) is 5.08. The number of nitrogens with zero attached hydrogens (tertiary/aromatic N) is 2. The molecule has 4 heteroatoms. The van der Waals surface area contributed by atoms with Crippen molar-refractivity contribution in [1.29, 1.82) is 0 Å². The van der Waals surface area contributed by atoms with Gasteiger partial charge in [0.15, 0.2) is 0 Å². The van der Waals surface area contributed by atoms with Crippen LogP contribution in [0.25, 0.3) is 0 Å². The molecule has 3 saturated heterocycles. The van der Waals surface area contributed by atoms with Crippen molar-refractivity contribution in [3.05, 3.63) is 0 Å². The van der Waals surface area contributed by atoms with Gasteiger partial charge in [-0.15, -0.1) is 0 Å². The Kier molecular flexibility index (Phi) is 7.26. The van der Waals surface area contributed by atoms with Crippen LogP contribution in [0.4, 0.5) is 0 Å². The summed E-state index contributed by atoms with van der Waals surface area (Å²) >= 11 is 0. The third kappa shape index (κ3) is 7.00. The lowest BCUT2D eigenvalue weighted by atomic mass is 9.88. The molecule has 0 spiro atoms. The van der Waals surface area contributed by atoms with Gasteiger partial charge in [0, 0.05) is 26.2 Å². The Morgan fingerprint density at radius 1 is 0.600 bits per heavy atom. The average molecular weight is 415 g/mol. The first-order valence-corrected chi connectivity index (χ1v) is 11.8. The highest BCUT2D eigenvalue weighted by Crippen LogP contribution is 2.35. The molecule has 2 atom stereocenters. The minimum Gasteiger partial charge on any atom is -0.357 e. The number of piperazine rings is 1. The Hall–Kier alpha value is -1.04. The van der Waals surface area contributed by atoms with E-state index in [-0.39, 0.29) is 22.4 Å². The van der Waals surface area contributed by atoms with Crippen LogP contribution in [0.2, 0.25) is 0 Å². The predicted molar refractivity (Wildman–Crippen MR) is 123 cm³/mol. The molecule has 0 N–H and O–H groups in total. The zero-order chi connectivity index (χ0) is 21.9. The Balaban J connectivity index is 1.41. The summed E-state index contributed by atoms with van der Waals surface area (Å²) in [5.74, 6) is 13.7. The van der Waals surface area contributed by atoms with Crippen molar-refractivity contribution in [1.82, 2.24) is 9.80 Å². The highest BCUT2D eigenvalue weighted by molar-refractivity contribution is 5.17. The van der Waals surface area contributed by atoms with Crippen molar-refractivity contribution in [2.45, 2.75) is 102 Å². The van der Waals surface area contributed by atoms with Gasteiger partial charge < -0.3 is 9.47 Å². The van der Waals surface area contributed by atoms with Crippen molar-refractivity contribution >= 4 is 0 Å². The lowest BCUT2D eigenvalue weighted by Crippen LogP contribution is -2.46. The van der Waals surface area contributed by atoms with Gasteiger partial charge in [-0.2, -0.15) is 0 Å². The Labute approximate surface area is 185 Å². The maximum absolute atomic E-state index is 6.26. The molecule has 0 unspecified atom stereocenters. The van der Waals surface area contributed by atoms with Crippen LogP contribution in [-0.4, -0.2) is 71.5 Å². The van der Waals surface area contributed by atoms with Gasteiger partial charge in [0.1, 0.15) is 11.2 Å². The molecule has 0 aliphatic carbocycles. The van der Waals surface area contributed by atoms with Crippen LogP contribution in [0, 0.1) is 23.7 Å². The molecular formula is C26H42N2O2. The largest absolute Gasteiger partial charge is 0.357 e. The Morgan fingerprint density at radius 3 is 1.30 bits per heavy atom. The van der Waals surface area contributed by atoms with Crippen molar-refractivity contribution in [3.8, 4) is 23.7 Å². The van der Waals surface area contributed by atoms with E-state index in [9.17, 15) is 0 Å². The zero-order valence-corrected chi connectivity index (χ0v) is 20.2. The van der Waals surface area contributed by atoms with E-state index in [1.165, 1.54) is 12.8 Å². The molecule has 0 aromatic heterocycles. The van der Waals surface area contributed by atoms with Gasteiger partial charge in [0.25, 0.3) is 0 Å². The minimum atomic E-state index is -0.287. The fraction of sp³-hybridized carbons (Fsp3) is 0.846. The summed E-state index contributed by atoms with van der Waals surface area (Å²) in [5.41, 5.74) is -0.677. The quantitative estimate of drug-likeness (QED) is 0.636. The summed E-state index contributed by atoms with van der Waals surface area (Å²) in [7, 11) is 0. The van der Waals surface area contributed by atoms with Crippen molar-refractivity contribution in [2.24, 2.45) is 0 Å². The second-order valence-electron chi connectivity index (χ2n) is 11.0. The number of hydrogen-bond acceptors (Lipinski definition) is 4. The van der Waals surface area contributed by atoms with Gasteiger partial charge in [0.2, 0.25) is 0 Å². The SMILES string of the molecule is CC1(C)CCC[C@@](C)(C#CCN2CCN(CC#C[C@]3(C)CCCC(C)(C)O3)CC2)O1. The molecule has 3 aliphatic rings. The second-order valence-corrected chi connectivity index (χ2v) is 11.0. The maximum Gasteiger partial charge on any atom is 0.126 e. The molecule has 0 bridgehead atoms. The van der Waals surface area contributed by atoms with Gasteiger partial charge in [-0.25, -0.2) is 0 Å². The van der Waals surface area contributed by atoms with Crippen LogP contribution in [0.15, 0.2) is 0 Å². The minimum absolute atomic E-state index is 0.0518. The standard InChI is InChI=1S/C26H42N2O2/c1-23(2)11-7-13-25(5,29-23)15-9-17-27-19-21-28(22-20-27)18-10-16-26(6)14-8-12-24(3,4)30-26/h7-8,11-14,17-22H2,1-6H3/t25-,26-/m0/s1. The lowest BCUT2D eigenvalue weighted by Gasteiger charge is -2.40. The summed E-state index contributed by atoms with van der Waals surface area (Å²) in [5, 5.41) is 0. The highest BCUT2D eigenvalue weighted by Gasteiger charge is 2.36. The maximum atomic E-state index is 6.26. The first-order chi connectivity index (χ1) is 14.0. The van der Waals surface area contributed by atoms with E-state index >= 15 is 0 Å². The highest BCUT2D eigenvalue weighted by atomic mass is 16.5. The predicted octanol–water partition coefficient (Wildman–Crippen LogP) is 4.09. The van der Waals surface area contributed by atoms with Crippen LogP contribution in [0.3, 0.4) is 0 Å². The van der Waals surface area contributed by atoms with Crippen molar-refractivity contribution in [2.75, 3.05) is 39.3 Å². The number of hydrogen-bond donors (Lipinski definition) is 0. The van der Waals surface area contributed by atoms with Crippen LogP contribution in [-0.2, 0) is 9.47 Å². The third-order valence-electron chi connectivity index (χ3n) is 6.64. The van der Waals surface area contributed by atoms with Gasteiger partial charge >= 0.3 is 0 Å². The first-order valence-electron chi connectivity index (χ1n) is 11.8. The summed E-state index contributed by atoms with van der Waals surface area (Å²) in [6.45, 7) is 18.9. The van der Waals surface area contributed by atoms with E-state index in [2.05, 4.69) is 75.0 Å². The van der Waals surface area contributed by atoms with E-state index in [0.717, 1.165) is 65.0 Å². The molecule has 3 rings (SSSR count). The topological polar surface area (TPSA) is 24.9 Å². The summed E-state index contributed by atoms with van der Waals surface area (Å²) in [6.07, 6.45) is 6.71. The van der Waals surface area contributed by atoms with Crippen LogP contribution in [0.1, 0.15) is 80.1 Å². The molecule has 168 valence electrons. The molecule has 0 saturated carbocycles. The third-order valence-corrected chi connectivity index (χ3v) is 6.64. The Morgan fingerprint density at radius 2 is 0.967 bits per heavy atom. The van der Waals surface area contributed by atoms with Gasteiger partial charge in [-0.1, -0.05) is 23.7 Å². The molecule has 3 heterocycles. The first kappa shape index (κ1) is 23.6. The molecule has 0 radical (unpaired) electrons.